The molecule has 0 fully saturated rings. The van der Waals surface area contributed by atoms with Crippen molar-refractivity contribution in [2.75, 3.05) is 0 Å². The minimum atomic E-state index is -4.44. The van der Waals surface area contributed by atoms with Gasteiger partial charge in [-0.15, -0.1) is 0 Å². The number of hydrogen-bond acceptors (Lipinski definition) is 3. The topological polar surface area (TPSA) is 70.7 Å². The zero-order valence-electron chi connectivity index (χ0n) is 12.7. The van der Waals surface area contributed by atoms with Crippen molar-refractivity contribution in [2.45, 2.75) is 38.9 Å². The molecule has 23 heavy (non-hydrogen) atoms. The van der Waals surface area contributed by atoms with Crippen molar-refractivity contribution < 1.29 is 18.0 Å². The van der Waals surface area contributed by atoms with Gasteiger partial charge in [0.2, 0.25) is 5.82 Å². The summed E-state index contributed by atoms with van der Waals surface area (Å²) in [4.78, 5) is 16.0. The molecule has 0 saturated heterocycles. The van der Waals surface area contributed by atoms with E-state index in [0.717, 1.165) is 25.0 Å². The van der Waals surface area contributed by atoms with E-state index < -0.39 is 17.6 Å². The Bertz CT molecular complexity index is 677. The SMILES string of the molecule is CCC(CC)NC(=O)c1nc(-c2cccc(C(F)(F)F)c2)n[nH]1. The van der Waals surface area contributed by atoms with Crippen molar-refractivity contribution in [3.8, 4) is 11.4 Å². The highest BCUT2D eigenvalue weighted by Crippen LogP contribution is 2.31. The Morgan fingerprint density at radius 3 is 2.61 bits per heavy atom. The first kappa shape index (κ1) is 17.0. The Hall–Kier alpha value is -2.38. The van der Waals surface area contributed by atoms with Gasteiger partial charge in [-0.1, -0.05) is 26.0 Å². The summed E-state index contributed by atoms with van der Waals surface area (Å²) < 4.78 is 38.2. The molecule has 1 aromatic carbocycles. The van der Waals surface area contributed by atoms with Crippen molar-refractivity contribution in [3.05, 3.63) is 35.7 Å². The van der Waals surface area contributed by atoms with Crippen LogP contribution in [0.5, 0.6) is 0 Å². The molecule has 0 aliphatic carbocycles. The molecule has 1 heterocycles. The van der Waals surface area contributed by atoms with Crippen LogP contribution in [0.15, 0.2) is 24.3 Å². The Kier molecular flexibility index (Phi) is 5.02. The molecular weight excluding hydrogens is 309 g/mol. The second-order valence-corrected chi connectivity index (χ2v) is 5.07. The zero-order chi connectivity index (χ0) is 17.0. The minimum absolute atomic E-state index is 0.0182. The Morgan fingerprint density at radius 2 is 2.00 bits per heavy atom. The summed E-state index contributed by atoms with van der Waals surface area (Å²) in [7, 11) is 0. The Morgan fingerprint density at radius 1 is 1.30 bits per heavy atom. The van der Waals surface area contributed by atoms with Crippen LogP contribution in [0.1, 0.15) is 42.9 Å². The van der Waals surface area contributed by atoms with Crippen molar-refractivity contribution >= 4 is 5.91 Å². The lowest BCUT2D eigenvalue weighted by molar-refractivity contribution is -0.137. The van der Waals surface area contributed by atoms with Crippen LogP contribution in [-0.4, -0.2) is 27.1 Å². The van der Waals surface area contributed by atoms with Gasteiger partial charge < -0.3 is 5.32 Å². The van der Waals surface area contributed by atoms with Crippen LogP contribution in [0.4, 0.5) is 13.2 Å². The molecule has 0 aliphatic heterocycles. The van der Waals surface area contributed by atoms with Gasteiger partial charge in [0.1, 0.15) is 0 Å². The third-order valence-electron chi connectivity index (χ3n) is 3.47. The van der Waals surface area contributed by atoms with Crippen LogP contribution in [0.3, 0.4) is 0 Å². The summed E-state index contributed by atoms with van der Waals surface area (Å²) in [5.74, 6) is -0.403. The Labute approximate surface area is 131 Å². The number of aromatic amines is 1. The quantitative estimate of drug-likeness (QED) is 0.884. The van der Waals surface area contributed by atoms with Crippen molar-refractivity contribution in [3.63, 3.8) is 0 Å². The molecule has 0 radical (unpaired) electrons. The van der Waals surface area contributed by atoms with Gasteiger partial charge in [0.25, 0.3) is 5.91 Å². The van der Waals surface area contributed by atoms with E-state index >= 15 is 0 Å². The number of H-pyrrole nitrogens is 1. The van der Waals surface area contributed by atoms with E-state index in [1.54, 1.807) is 0 Å². The normalized spacial score (nSPS) is 11.7. The molecule has 2 rings (SSSR count). The van der Waals surface area contributed by atoms with Gasteiger partial charge >= 0.3 is 6.18 Å². The van der Waals surface area contributed by atoms with Crippen LogP contribution in [-0.2, 0) is 6.18 Å². The minimum Gasteiger partial charge on any atom is -0.347 e. The molecule has 1 aromatic heterocycles. The lowest BCUT2D eigenvalue weighted by atomic mass is 10.1. The number of aromatic nitrogens is 3. The number of rotatable bonds is 5. The highest BCUT2D eigenvalue weighted by Gasteiger charge is 2.30. The molecule has 2 aromatic rings. The van der Waals surface area contributed by atoms with Gasteiger partial charge in [-0.2, -0.15) is 18.3 Å². The molecule has 0 bridgehead atoms. The number of benzene rings is 1. The van der Waals surface area contributed by atoms with E-state index in [0.29, 0.717) is 0 Å². The number of nitrogens with one attached hydrogen (secondary N) is 2. The van der Waals surface area contributed by atoms with E-state index in [4.69, 9.17) is 0 Å². The fourth-order valence-electron chi connectivity index (χ4n) is 2.07. The van der Waals surface area contributed by atoms with Crippen molar-refractivity contribution in [1.82, 2.24) is 20.5 Å². The maximum Gasteiger partial charge on any atom is 0.416 e. The van der Waals surface area contributed by atoms with Crippen molar-refractivity contribution in [1.29, 1.82) is 0 Å². The lowest BCUT2D eigenvalue weighted by Gasteiger charge is -2.12. The highest BCUT2D eigenvalue weighted by molar-refractivity contribution is 5.91. The van der Waals surface area contributed by atoms with Crippen LogP contribution in [0, 0.1) is 0 Å². The van der Waals surface area contributed by atoms with E-state index in [1.807, 2.05) is 13.8 Å². The summed E-state index contributed by atoms with van der Waals surface area (Å²) in [5, 5.41) is 9.07. The standard InChI is InChI=1S/C15H17F3N4O/c1-3-11(4-2)19-14(23)13-20-12(21-22-13)9-6-5-7-10(8-9)15(16,17)18/h5-8,11H,3-4H2,1-2H3,(H,19,23)(H,20,21,22). The number of carbonyl (C=O) groups is 1. The molecule has 0 atom stereocenters. The second-order valence-electron chi connectivity index (χ2n) is 5.07. The number of alkyl halides is 3. The Balaban J connectivity index is 2.21. The van der Waals surface area contributed by atoms with Gasteiger partial charge in [-0.3, -0.25) is 9.89 Å². The highest BCUT2D eigenvalue weighted by atomic mass is 19.4. The summed E-state index contributed by atoms with van der Waals surface area (Å²) in [6.07, 6.45) is -2.89. The van der Waals surface area contributed by atoms with Crippen LogP contribution >= 0.6 is 0 Å². The average Bonchev–Trinajstić information content (AvgIpc) is 3.02. The molecule has 0 aliphatic rings. The monoisotopic (exact) mass is 326 g/mol. The molecular formula is C15H17F3N4O. The number of carbonyl (C=O) groups excluding carboxylic acids is 1. The van der Waals surface area contributed by atoms with E-state index in [9.17, 15) is 18.0 Å². The predicted octanol–water partition coefficient (Wildman–Crippen LogP) is 3.41. The molecule has 8 heteroatoms. The number of halogens is 3. The second kappa shape index (κ2) is 6.80. The molecule has 1 amide bonds. The van der Waals surface area contributed by atoms with Gasteiger partial charge in [0.15, 0.2) is 5.82 Å². The molecule has 0 spiro atoms. The summed E-state index contributed by atoms with van der Waals surface area (Å²) in [5.41, 5.74) is -0.597. The third-order valence-corrected chi connectivity index (χ3v) is 3.47. The summed E-state index contributed by atoms with van der Waals surface area (Å²) >= 11 is 0. The third kappa shape index (κ3) is 4.08. The summed E-state index contributed by atoms with van der Waals surface area (Å²) in [6.45, 7) is 3.89. The molecule has 0 unspecified atom stereocenters. The molecule has 2 N–H and O–H groups in total. The lowest BCUT2D eigenvalue weighted by Crippen LogP contribution is -2.34. The molecule has 0 saturated carbocycles. The van der Waals surface area contributed by atoms with Gasteiger partial charge in [0.05, 0.1) is 5.56 Å². The molecule has 5 nitrogen and oxygen atoms in total. The first-order chi connectivity index (χ1) is 10.8. The number of amides is 1. The van der Waals surface area contributed by atoms with Crippen molar-refractivity contribution in [2.24, 2.45) is 0 Å². The summed E-state index contributed by atoms with van der Waals surface area (Å²) in [6, 6.07) is 4.67. The van der Waals surface area contributed by atoms with Crippen LogP contribution < -0.4 is 5.32 Å². The number of hydrogen-bond donors (Lipinski definition) is 2. The van der Waals surface area contributed by atoms with Gasteiger partial charge in [-0.25, -0.2) is 4.98 Å². The van der Waals surface area contributed by atoms with E-state index in [1.165, 1.54) is 12.1 Å². The first-order valence-electron chi connectivity index (χ1n) is 7.26. The van der Waals surface area contributed by atoms with Gasteiger partial charge in [-0.05, 0) is 25.0 Å². The maximum absolute atomic E-state index is 12.7. The van der Waals surface area contributed by atoms with Crippen LogP contribution in [0.25, 0.3) is 11.4 Å². The molecule has 124 valence electrons. The first-order valence-corrected chi connectivity index (χ1v) is 7.26. The zero-order valence-corrected chi connectivity index (χ0v) is 12.7. The predicted molar refractivity (Wildman–Crippen MR) is 78.7 cm³/mol. The smallest absolute Gasteiger partial charge is 0.347 e. The van der Waals surface area contributed by atoms with Crippen LogP contribution in [0.2, 0.25) is 0 Å². The van der Waals surface area contributed by atoms with E-state index in [2.05, 4.69) is 20.5 Å². The maximum atomic E-state index is 12.7. The van der Waals surface area contributed by atoms with Gasteiger partial charge in [0, 0.05) is 11.6 Å². The fourth-order valence-corrected chi connectivity index (χ4v) is 2.07. The number of nitrogens with zero attached hydrogens (tertiary/aromatic N) is 2. The fraction of sp³-hybridized carbons (Fsp3) is 0.400. The van der Waals surface area contributed by atoms with E-state index in [-0.39, 0.29) is 23.3 Å². The average molecular weight is 326 g/mol. The largest absolute Gasteiger partial charge is 0.416 e.